The van der Waals surface area contributed by atoms with Gasteiger partial charge in [0, 0.05) is 6.54 Å². The van der Waals surface area contributed by atoms with Crippen LogP contribution in [0, 0.1) is 12.3 Å². The molecular weight excluding hydrogens is 311 g/mol. The van der Waals surface area contributed by atoms with Crippen LogP contribution in [0.2, 0.25) is 0 Å². The van der Waals surface area contributed by atoms with Gasteiger partial charge in [-0.3, -0.25) is 0 Å². The molecule has 1 amide bonds. The van der Waals surface area contributed by atoms with Gasteiger partial charge in [-0.05, 0) is 38.5 Å². The Balaban J connectivity index is 2.69. The smallest absolute Gasteiger partial charge is 0.422 e. The first-order valence-electron chi connectivity index (χ1n) is 6.76. The predicted octanol–water partition coefficient (Wildman–Crippen LogP) is 3.63. The van der Waals surface area contributed by atoms with Gasteiger partial charge in [0.2, 0.25) is 0 Å². The quantitative estimate of drug-likeness (QED) is 0.858. The van der Waals surface area contributed by atoms with Crippen LogP contribution >= 0.6 is 0 Å². The molecule has 0 unspecified atom stereocenters. The number of alkyl carbamates (subject to hydrolysis) is 1. The van der Waals surface area contributed by atoms with Crippen LogP contribution in [-0.2, 0) is 11.3 Å². The third kappa shape index (κ3) is 7.45. The van der Waals surface area contributed by atoms with Crippen molar-refractivity contribution in [3.05, 3.63) is 29.3 Å². The number of ether oxygens (including phenoxy) is 2. The van der Waals surface area contributed by atoms with E-state index in [-0.39, 0.29) is 17.9 Å². The molecule has 0 fully saturated rings. The molecule has 0 aromatic heterocycles. The van der Waals surface area contributed by atoms with Gasteiger partial charge in [-0.15, -0.1) is 6.42 Å². The molecule has 1 aromatic rings. The van der Waals surface area contributed by atoms with Gasteiger partial charge in [0.1, 0.15) is 11.4 Å². The van der Waals surface area contributed by atoms with Crippen molar-refractivity contribution in [3.8, 4) is 18.1 Å². The van der Waals surface area contributed by atoms with E-state index in [0.717, 1.165) is 0 Å². The SMILES string of the molecule is C#Cc1cc(CNC(=O)OC(C)(C)C)ccc1OCC(F)(F)F. The lowest BCUT2D eigenvalue weighted by molar-refractivity contribution is -0.153. The van der Waals surface area contributed by atoms with Crippen molar-refractivity contribution < 1.29 is 27.4 Å². The number of nitrogens with one attached hydrogen (secondary N) is 1. The number of hydrogen-bond acceptors (Lipinski definition) is 3. The van der Waals surface area contributed by atoms with Crippen LogP contribution < -0.4 is 10.1 Å². The molecule has 0 atom stereocenters. The lowest BCUT2D eigenvalue weighted by atomic mass is 10.1. The van der Waals surface area contributed by atoms with E-state index in [2.05, 4.69) is 16.0 Å². The number of alkyl halides is 3. The number of benzene rings is 1. The molecule has 0 saturated carbocycles. The highest BCUT2D eigenvalue weighted by atomic mass is 19.4. The fourth-order valence-electron chi connectivity index (χ4n) is 1.57. The first-order valence-corrected chi connectivity index (χ1v) is 6.76. The van der Waals surface area contributed by atoms with Gasteiger partial charge in [0.25, 0.3) is 0 Å². The molecule has 1 N–H and O–H groups in total. The van der Waals surface area contributed by atoms with E-state index in [4.69, 9.17) is 11.2 Å². The van der Waals surface area contributed by atoms with E-state index in [9.17, 15) is 18.0 Å². The van der Waals surface area contributed by atoms with Gasteiger partial charge in [-0.25, -0.2) is 4.79 Å². The molecule has 0 aliphatic rings. The van der Waals surface area contributed by atoms with Crippen molar-refractivity contribution in [2.24, 2.45) is 0 Å². The molecule has 7 heteroatoms. The monoisotopic (exact) mass is 329 g/mol. The second-order valence-corrected chi connectivity index (χ2v) is 5.73. The van der Waals surface area contributed by atoms with Gasteiger partial charge >= 0.3 is 12.3 Å². The average molecular weight is 329 g/mol. The molecule has 0 bridgehead atoms. The molecule has 0 spiro atoms. The largest absolute Gasteiger partial charge is 0.483 e. The molecule has 4 nitrogen and oxygen atoms in total. The van der Waals surface area contributed by atoms with Crippen LogP contribution in [-0.4, -0.2) is 24.5 Å². The van der Waals surface area contributed by atoms with Gasteiger partial charge in [0.05, 0.1) is 5.56 Å². The van der Waals surface area contributed by atoms with Crippen LogP contribution in [0.3, 0.4) is 0 Å². The van der Waals surface area contributed by atoms with Crippen molar-refractivity contribution in [1.82, 2.24) is 5.32 Å². The van der Waals surface area contributed by atoms with Crippen molar-refractivity contribution in [1.29, 1.82) is 0 Å². The summed E-state index contributed by atoms with van der Waals surface area (Å²) in [5, 5.41) is 2.53. The summed E-state index contributed by atoms with van der Waals surface area (Å²) in [6.07, 6.45) is 0.233. The minimum absolute atomic E-state index is 0.0363. The Morgan fingerprint density at radius 1 is 1.30 bits per heavy atom. The molecule has 1 rings (SSSR count). The van der Waals surface area contributed by atoms with Crippen LogP contribution in [0.15, 0.2) is 18.2 Å². The molecule has 0 radical (unpaired) electrons. The molecule has 1 aromatic carbocycles. The lowest BCUT2D eigenvalue weighted by Gasteiger charge is -2.19. The van der Waals surface area contributed by atoms with E-state index in [1.165, 1.54) is 18.2 Å². The Morgan fingerprint density at radius 2 is 1.96 bits per heavy atom. The summed E-state index contributed by atoms with van der Waals surface area (Å²) in [5.74, 6) is 2.23. The Morgan fingerprint density at radius 3 is 2.48 bits per heavy atom. The number of terminal acetylenes is 1. The average Bonchev–Trinajstić information content (AvgIpc) is 2.40. The van der Waals surface area contributed by atoms with E-state index >= 15 is 0 Å². The highest BCUT2D eigenvalue weighted by Gasteiger charge is 2.28. The fourth-order valence-corrected chi connectivity index (χ4v) is 1.57. The number of amides is 1. The third-order valence-corrected chi connectivity index (χ3v) is 2.43. The number of hydrogen-bond donors (Lipinski definition) is 1. The van der Waals surface area contributed by atoms with Gasteiger partial charge < -0.3 is 14.8 Å². The van der Waals surface area contributed by atoms with Gasteiger partial charge in [-0.1, -0.05) is 12.0 Å². The van der Waals surface area contributed by atoms with Gasteiger partial charge in [-0.2, -0.15) is 13.2 Å². The molecule has 0 saturated heterocycles. The molecule has 23 heavy (non-hydrogen) atoms. The van der Waals surface area contributed by atoms with Gasteiger partial charge in [0.15, 0.2) is 6.61 Å². The van der Waals surface area contributed by atoms with Crippen molar-refractivity contribution >= 4 is 6.09 Å². The molecule has 0 aliphatic heterocycles. The number of carbonyl (C=O) groups excluding carboxylic acids is 1. The summed E-state index contributed by atoms with van der Waals surface area (Å²) < 4.78 is 46.2. The van der Waals surface area contributed by atoms with Crippen LogP contribution in [0.1, 0.15) is 31.9 Å². The minimum Gasteiger partial charge on any atom is -0.483 e. The second kappa shape index (κ2) is 7.27. The zero-order valence-corrected chi connectivity index (χ0v) is 13.1. The normalized spacial score (nSPS) is 11.5. The summed E-state index contributed by atoms with van der Waals surface area (Å²) in [6, 6.07) is 4.33. The van der Waals surface area contributed by atoms with E-state index < -0.39 is 24.5 Å². The summed E-state index contributed by atoms with van der Waals surface area (Å²) in [7, 11) is 0. The highest BCUT2D eigenvalue weighted by Crippen LogP contribution is 2.23. The Labute approximate surface area is 133 Å². The second-order valence-electron chi connectivity index (χ2n) is 5.73. The minimum atomic E-state index is -4.44. The zero-order chi connectivity index (χ0) is 17.7. The zero-order valence-electron chi connectivity index (χ0n) is 13.1. The molecular formula is C16H18F3NO3. The van der Waals surface area contributed by atoms with Crippen molar-refractivity contribution in [2.75, 3.05) is 6.61 Å². The van der Waals surface area contributed by atoms with Crippen molar-refractivity contribution in [3.63, 3.8) is 0 Å². The van der Waals surface area contributed by atoms with Crippen LogP contribution in [0.5, 0.6) is 5.75 Å². The highest BCUT2D eigenvalue weighted by molar-refractivity contribution is 5.67. The van der Waals surface area contributed by atoms with Crippen molar-refractivity contribution in [2.45, 2.75) is 39.1 Å². The summed E-state index contributed by atoms with van der Waals surface area (Å²) in [6.45, 7) is 3.90. The topological polar surface area (TPSA) is 47.6 Å². The predicted molar refractivity (Wildman–Crippen MR) is 79.0 cm³/mol. The summed E-state index contributed by atoms with van der Waals surface area (Å²) in [5.41, 5.74) is 0.171. The first kappa shape index (κ1) is 18.7. The van der Waals surface area contributed by atoms with Crippen LogP contribution in [0.25, 0.3) is 0 Å². The number of rotatable bonds is 4. The maximum Gasteiger partial charge on any atom is 0.422 e. The standard InChI is InChI=1S/C16H18F3NO3/c1-5-12-8-11(9-20-14(21)23-15(2,3)4)6-7-13(12)22-10-16(17,18)19/h1,6-8H,9-10H2,2-4H3,(H,20,21). The molecule has 126 valence electrons. The molecule has 0 aliphatic carbocycles. The maximum atomic E-state index is 12.2. The van der Waals surface area contributed by atoms with E-state index in [1.807, 2.05) is 0 Å². The van der Waals surface area contributed by atoms with Crippen LogP contribution in [0.4, 0.5) is 18.0 Å². The maximum absolute atomic E-state index is 12.2. The Kier molecular flexibility index (Phi) is 5.91. The first-order chi connectivity index (χ1) is 10.5. The Bertz CT molecular complexity index is 598. The van der Waals surface area contributed by atoms with E-state index in [1.54, 1.807) is 20.8 Å². The number of carbonyl (C=O) groups is 1. The number of halogens is 3. The third-order valence-electron chi connectivity index (χ3n) is 2.43. The Hall–Kier alpha value is -2.36. The van der Waals surface area contributed by atoms with E-state index in [0.29, 0.717) is 5.56 Å². The lowest BCUT2D eigenvalue weighted by Crippen LogP contribution is -2.32. The summed E-state index contributed by atoms with van der Waals surface area (Å²) >= 11 is 0. The fraction of sp³-hybridized carbons (Fsp3) is 0.438. The summed E-state index contributed by atoms with van der Waals surface area (Å²) in [4.78, 5) is 11.5. The molecule has 0 heterocycles.